The van der Waals surface area contributed by atoms with Crippen molar-refractivity contribution >= 4 is 5.69 Å². The van der Waals surface area contributed by atoms with E-state index in [9.17, 15) is 0 Å². The minimum absolute atomic E-state index is 0.470. The molecule has 0 bridgehead atoms. The first-order valence-corrected chi connectivity index (χ1v) is 7.69. The Hall–Kier alpha value is -1.81. The van der Waals surface area contributed by atoms with Crippen LogP contribution >= 0.6 is 0 Å². The van der Waals surface area contributed by atoms with Crippen LogP contribution in [0.4, 0.5) is 5.69 Å². The van der Waals surface area contributed by atoms with Crippen LogP contribution in [-0.4, -0.2) is 17.1 Å². The minimum atomic E-state index is 0.470. The van der Waals surface area contributed by atoms with Gasteiger partial charge in [0.25, 0.3) is 0 Å². The molecule has 112 valence electrons. The van der Waals surface area contributed by atoms with Crippen LogP contribution in [0.15, 0.2) is 41.1 Å². The van der Waals surface area contributed by atoms with Gasteiger partial charge in [-0.05, 0) is 37.1 Å². The molecular weight excluding hydrogens is 262 g/mol. The quantitative estimate of drug-likeness (QED) is 0.847. The number of nitrogens with one attached hydrogen (secondary N) is 1. The molecule has 1 fully saturated rings. The van der Waals surface area contributed by atoms with E-state index in [1.807, 2.05) is 18.3 Å². The fourth-order valence-corrected chi connectivity index (χ4v) is 2.44. The number of anilines is 1. The van der Waals surface area contributed by atoms with Gasteiger partial charge in [-0.15, -0.1) is 0 Å². The zero-order valence-electron chi connectivity index (χ0n) is 12.7. The van der Waals surface area contributed by atoms with Crippen molar-refractivity contribution in [3.63, 3.8) is 0 Å². The molecule has 2 aromatic rings. The van der Waals surface area contributed by atoms with Gasteiger partial charge >= 0.3 is 0 Å². The lowest BCUT2D eigenvalue weighted by Gasteiger charge is -2.24. The molecule has 1 aliphatic rings. The summed E-state index contributed by atoms with van der Waals surface area (Å²) in [5, 5.41) is 3.42. The fraction of sp³-hybridized carbons (Fsp3) is 0.471. The van der Waals surface area contributed by atoms with Crippen LogP contribution in [0, 0.1) is 0 Å². The van der Waals surface area contributed by atoms with Gasteiger partial charge in [-0.25, -0.2) is 0 Å². The summed E-state index contributed by atoms with van der Waals surface area (Å²) in [5.74, 6) is 1.01. The third kappa shape index (κ3) is 3.85. The smallest absolute Gasteiger partial charge is 0.123 e. The van der Waals surface area contributed by atoms with E-state index < -0.39 is 0 Å². The average molecular weight is 285 g/mol. The highest BCUT2D eigenvalue weighted by molar-refractivity contribution is 5.49. The summed E-state index contributed by atoms with van der Waals surface area (Å²) in [7, 11) is 0. The molecule has 0 aromatic carbocycles. The van der Waals surface area contributed by atoms with Gasteiger partial charge in [-0.3, -0.25) is 4.98 Å². The molecule has 4 nitrogen and oxygen atoms in total. The number of hydrogen-bond donors (Lipinski definition) is 1. The standard InChI is InChI=1S/C17H23N3O/c1-13(2)19-11-14-10-16(7-8-18-14)20(15-5-6-15)12-17-4-3-9-21-17/h3-4,7-10,13,15,19H,5-6,11-12H2,1-2H3. The Kier molecular flexibility index (Phi) is 4.25. The van der Waals surface area contributed by atoms with Gasteiger partial charge in [0.05, 0.1) is 18.5 Å². The van der Waals surface area contributed by atoms with E-state index in [2.05, 4.69) is 41.2 Å². The molecule has 2 heterocycles. The number of nitrogens with zero attached hydrogens (tertiary/aromatic N) is 2. The van der Waals surface area contributed by atoms with E-state index in [0.29, 0.717) is 12.1 Å². The summed E-state index contributed by atoms with van der Waals surface area (Å²) in [5.41, 5.74) is 2.33. The maximum Gasteiger partial charge on any atom is 0.123 e. The van der Waals surface area contributed by atoms with Crippen LogP contribution in [0.25, 0.3) is 0 Å². The van der Waals surface area contributed by atoms with Crippen molar-refractivity contribution < 1.29 is 4.42 Å². The Morgan fingerprint density at radius 3 is 2.90 bits per heavy atom. The van der Waals surface area contributed by atoms with Crippen molar-refractivity contribution in [1.29, 1.82) is 0 Å². The Morgan fingerprint density at radius 2 is 2.24 bits per heavy atom. The third-order valence-electron chi connectivity index (χ3n) is 3.72. The minimum Gasteiger partial charge on any atom is -0.467 e. The topological polar surface area (TPSA) is 41.3 Å². The molecule has 4 heteroatoms. The Bertz CT molecular complexity index is 561. The first-order valence-electron chi connectivity index (χ1n) is 7.69. The van der Waals surface area contributed by atoms with E-state index in [1.54, 1.807) is 6.26 Å². The maximum atomic E-state index is 5.50. The summed E-state index contributed by atoms with van der Waals surface area (Å²) in [6.45, 7) is 5.94. The molecule has 0 radical (unpaired) electrons. The van der Waals surface area contributed by atoms with E-state index >= 15 is 0 Å². The highest BCUT2D eigenvalue weighted by Crippen LogP contribution is 2.33. The van der Waals surface area contributed by atoms with Crippen molar-refractivity contribution in [3.8, 4) is 0 Å². The lowest BCUT2D eigenvalue weighted by atomic mass is 10.2. The number of rotatable bonds is 7. The zero-order chi connectivity index (χ0) is 14.7. The second-order valence-corrected chi connectivity index (χ2v) is 5.98. The van der Waals surface area contributed by atoms with Crippen molar-refractivity contribution in [2.75, 3.05) is 4.90 Å². The van der Waals surface area contributed by atoms with Crippen LogP contribution in [0.2, 0.25) is 0 Å². The number of aromatic nitrogens is 1. The molecule has 0 saturated heterocycles. The number of pyridine rings is 1. The number of furan rings is 1. The highest BCUT2D eigenvalue weighted by Gasteiger charge is 2.30. The molecule has 0 amide bonds. The molecule has 3 rings (SSSR count). The largest absolute Gasteiger partial charge is 0.467 e. The molecular formula is C17H23N3O. The van der Waals surface area contributed by atoms with Gasteiger partial charge in [0.2, 0.25) is 0 Å². The average Bonchev–Trinajstić information content (AvgIpc) is 3.19. The molecule has 21 heavy (non-hydrogen) atoms. The van der Waals surface area contributed by atoms with E-state index in [-0.39, 0.29) is 0 Å². The second kappa shape index (κ2) is 6.31. The molecule has 1 N–H and O–H groups in total. The molecule has 0 atom stereocenters. The fourth-order valence-electron chi connectivity index (χ4n) is 2.44. The Balaban J connectivity index is 1.74. The SMILES string of the molecule is CC(C)NCc1cc(N(Cc2ccco2)C2CC2)ccn1. The lowest BCUT2D eigenvalue weighted by molar-refractivity contribution is 0.501. The van der Waals surface area contributed by atoms with E-state index in [4.69, 9.17) is 4.42 Å². The van der Waals surface area contributed by atoms with Crippen LogP contribution in [0.5, 0.6) is 0 Å². The van der Waals surface area contributed by atoms with Gasteiger partial charge in [-0.1, -0.05) is 13.8 Å². The van der Waals surface area contributed by atoms with Crippen molar-refractivity contribution in [1.82, 2.24) is 10.3 Å². The van der Waals surface area contributed by atoms with Gasteiger partial charge in [0, 0.05) is 30.5 Å². The van der Waals surface area contributed by atoms with Gasteiger partial charge < -0.3 is 14.6 Å². The van der Waals surface area contributed by atoms with Gasteiger partial charge in [-0.2, -0.15) is 0 Å². The zero-order valence-corrected chi connectivity index (χ0v) is 12.7. The molecule has 2 aromatic heterocycles. The second-order valence-electron chi connectivity index (χ2n) is 5.98. The molecule has 0 unspecified atom stereocenters. The predicted octanol–water partition coefficient (Wildman–Crippen LogP) is 3.34. The molecule has 0 aliphatic heterocycles. The summed E-state index contributed by atoms with van der Waals surface area (Å²) in [6.07, 6.45) is 6.18. The maximum absolute atomic E-state index is 5.50. The van der Waals surface area contributed by atoms with Gasteiger partial charge in [0.15, 0.2) is 0 Å². The van der Waals surface area contributed by atoms with Gasteiger partial charge in [0.1, 0.15) is 5.76 Å². The van der Waals surface area contributed by atoms with Crippen LogP contribution in [0.3, 0.4) is 0 Å². The van der Waals surface area contributed by atoms with Crippen LogP contribution in [-0.2, 0) is 13.1 Å². The van der Waals surface area contributed by atoms with E-state index in [0.717, 1.165) is 24.5 Å². The lowest BCUT2D eigenvalue weighted by Crippen LogP contribution is -2.26. The molecule has 1 aliphatic carbocycles. The van der Waals surface area contributed by atoms with Crippen molar-refractivity contribution in [2.45, 2.75) is 51.9 Å². The Labute approximate surface area is 126 Å². The summed E-state index contributed by atoms with van der Waals surface area (Å²) in [4.78, 5) is 6.89. The summed E-state index contributed by atoms with van der Waals surface area (Å²) >= 11 is 0. The normalized spacial score (nSPS) is 14.6. The third-order valence-corrected chi connectivity index (χ3v) is 3.72. The van der Waals surface area contributed by atoms with Crippen molar-refractivity contribution in [3.05, 3.63) is 48.2 Å². The Morgan fingerprint density at radius 1 is 1.38 bits per heavy atom. The highest BCUT2D eigenvalue weighted by atomic mass is 16.3. The number of hydrogen-bond acceptors (Lipinski definition) is 4. The van der Waals surface area contributed by atoms with Crippen LogP contribution in [0.1, 0.15) is 38.1 Å². The monoisotopic (exact) mass is 285 g/mol. The first kappa shape index (κ1) is 14.1. The van der Waals surface area contributed by atoms with Crippen LogP contribution < -0.4 is 10.2 Å². The summed E-state index contributed by atoms with van der Waals surface area (Å²) in [6, 6.07) is 9.39. The van der Waals surface area contributed by atoms with E-state index in [1.165, 1.54) is 18.5 Å². The molecule has 0 spiro atoms. The predicted molar refractivity (Wildman–Crippen MR) is 84.1 cm³/mol. The first-order chi connectivity index (χ1) is 10.2. The van der Waals surface area contributed by atoms with Crippen molar-refractivity contribution in [2.24, 2.45) is 0 Å². The molecule has 1 saturated carbocycles. The summed E-state index contributed by atoms with van der Waals surface area (Å²) < 4.78 is 5.50.